The average Bonchev–Trinajstić information content (AvgIpc) is 2.95. The zero-order valence-corrected chi connectivity index (χ0v) is 11.5. The Morgan fingerprint density at radius 3 is 2.84 bits per heavy atom. The largest absolute Gasteiger partial charge is 0.305 e. The third-order valence-corrected chi connectivity index (χ3v) is 4.00. The zero-order chi connectivity index (χ0) is 13.7. The van der Waals surface area contributed by atoms with E-state index in [9.17, 15) is 4.39 Å². The normalized spacial score (nSPS) is 12.1. The van der Waals surface area contributed by atoms with E-state index in [1.54, 1.807) is 23.5 Å². The first-order valence-electron chi connectivity index (χ1n) is 6.20. The molecule has 1 N–H and O–H groups in total. The van der Waals surface area contributed by atoms with Crippen molar-refractivity contribution in [3.63, 3.8) is 0 Å². The van der Waals surface area contributed by atoms with E-state index in [0.717, 1.165) is 6.42 Å². The van der Waals surface area contributed by atoms with Crippen LogP contribution in [0.15, 0.2) is 35.7 Å². The number of hydrogen-bond donors (Lipinski definition) is 1. The molecule has 1 unspecified atom stereocenters. The van der Waals surface area contributed by atoms with Crippen LogP contribution in [0.2, 0.25) is 0 Å². The highest BCUT2D eigenvalue weighted by Gasteiger charge is 2.11. The Morgan fingerprint density at radius 2 is 2.26 bits per heavy atom. The van der Waals surface area contributed by atoms with E-state index in [1.807, 2.05) is 17.5 Å². The predicted octanol–water partition coefficient (Wildman–Crippen LogP) is 4.00. The van der Waals surface area contributed by atoms with Crippen LogP contribution in [0, 0.1) is 17.1 Å². The Morgan fingerprint density at radius 1 is 1.42 bits per heavy atom. The zero-order valence-electron chi connectivity index (χ0n) is 10.7. The van der Waals surface area contributed by atoms with Crippen molar-refractivity contribution in [2.75, 3.05) is 0 Å². The molecule has 4 heteroatoms. The summed E-state index contributed by atoms with van der Waals surface area (Å²) in [5, 5.41) is 14.1. The molecule has 0 aliphatic carbocycles. The van der Waals surface area contributed by atoms with Gasteiger partial charge in [-0.05, 0) is 30.0 Å². The molecule has 1 heterocycles. The molecule has 2 nitrogen and oxygen atoms in total. The highest BCUT2D eigenvalue weighted by Crippen LogP contribution is 2.22. The quantitative estimate of drug-likeness (QED) is 0.894. The molecule has 1 aromatic carbocycles. The molecule has 0 aliphatic heterocycles. The summed E-state index contributed by atoms with van der Waals surface area (Å²) in [4.78, 5) is 1.26. The topological polar surface area (TPSA) is 35.8 Å². The van der Waals surface area contributed by atoms with Gasteiger partial charge in [-0.3, -0.25) is 0 Å². The van der Waals surface area contributed by atoms with Crippen molar-refractivity contribution < 1.29 is 4.39 Å². The maximum Gasteiger partial charge on any atom is 0.129 e. The Labute approximate surface area is 116 Å². The summed E-state index contributed by atoms with van der Waals surface area (Å²) in [6.07, 6.45) is 0.957. The molecule has 0 saturated heterocycles. The second kappa shape index (κ2) is 6.46. The van der Waals surface area contributed by atoms with Gasteiger partial charge in [-0.2, -0.15) is 5.26 Å². The van der Waals surface area contributed by atoms with Crippen molar-refractivity contribution in [3.05, 3.63) is 57.5 Å². The van der Waals surface area contributed by atoms with Crippen molar-refractivity contribution in [3.8, 4) is 6.07 Å². The molecular weight excluding hydrogens is 259 g/mol. The fourth-order valence-electron chi connectivity index (χ4n) is 1.93. The van der Waals surface area contributed by atoms with E-state index in [2.05, 4.69) is 18.3 Å². The van der Waals surface area contributed by atoms with E-state index in [1.165, 1.54) is 10.9 Å². The molecular formula is C15H15FN2S. The lowest BCUT2D eigenvalue weighted by Gasteiger charge is -2.15. The van der Waals surface area contributed by atoms with Gasteiger partial charge in [0.2, 0.25) is 0 Å². The van der Waals surface area contributed by atoms with E-state index in [0.29, 0.717) is 17.7 Å². The van der Waals surface area contributed by atoms with Crippen LogP contribution in [0.4, 0.5) is 4.39 Å². The number of nitrogens with one attached hydrogen (secondary N) is 1. The highest BCUT2D eigenvalue weighted by molar-refractivity contribution is 7.10. The van der Waals surface area contributed by atoms with Crippen LogP contribution in [0.5, 0.6) is 0 Å². The van der Waals surface area contributed by atoms with Crippen molar-refractivity contribution >= 4 is 11.3 Å². The number of benzene rings is 1. The molecule has 0 saturated carbocycles. The third kappa shape index (κ3) is 3.40. The number of thiophene rings is 1. The molecule has 2 aromatic rings. The van der Waals surface area contributed by atoms with E-state index in [4.69, 9.17) is 5.26 Å². The number of rotatable bonds is 5. The molecule has 0 fully saturated rings. The highest BCUT2D eigenvalue weighted by atomic mass is 32.1. The first kappa shape index (κ1) is 13.7. The Kier molecular flexibility index (Phi) is 4.67. The van der Waals surface area contributed by atoms with Gasteiger partial charge < -0.3 is 5.32 Å². The van der Waals surface area contributed by atoms with Gasteiger partial charge in [0.25, 0.3) is 0 Å². The molecule has 98 valence electrons. The number of nitriles is 1. The molecule has 0 bridgehead atoms. The lowest BCUT2D eigenvalue weighted by atomic mass is 10.1. The lowest BCUT2D eigenvalue weighted by molar-refractivity contribution is 0.510. The second-order valence-electron chi connectivity index (χ2n) is 4.28. The summed E-state index contributed by atoms with van der Waals surface area (Å²) >= 11 is 1.70. The van der Waals surface area contributed by atoms with Gasteiger partial charge >= 0.3 is 0 Å². The fourth-order valence-corrected chi connectivity index (χ4v) is 2.81. The predicted molar refractivity (Wildman–Crippen MR) is 75.3 cm³/mol. The van der Waals surface area contributed by atoms with Crippen LogP contribution in [0.25, 0.3) is 0 Å². The summed E-state index contributed by atoms with van der Waals surface area (Å²) in [5.74, 6) is -0.326. The Balaban J connectivity index is 2.04. The summed E-state index contributed by atoms with van der Waals surface area (Å²) < 4.78 is 13.7. The minimum absolute atomic E-state index is 0.245. The molecule has 2 rings (SSSR count). The minimum atomic E-state index is -0.326. The maximum atomic E-state index is 13.7. The van der Waals surface area contributed by atoms with Crippen LogP contribution in [0.3, 0.4) is 0 Å². The van der Waals surface area contributed by atoms with Gasteiger partial charge in [0.05, 0.1) is 11.6 Å². The summed E-state index contributed by atoms with van der Waals surface area (Å²) in [5.41, 5.74) is 0.945. The van der Waals surface area contributed by atoms with Gasteiger partial charge in [-0.25, -0.2) is 4.39 Å². The van der Waals surface area contributed by atoms with E-state index < -0.39 is 0 Å². The van der Waals surface area contributed by atoms with Crippen LogP contribution < -0.4 is 5.32 Å². The Hall–Kier alpha value is -1.70. The monoisotopic (exact) mass is 274 g/mol. The fraction of sp³-hybridized carbons (Fsp3) is 0.267. The Bertz CT molecular complexity index is 572. The third-order valence-electron chi connectivity index (χ3n) is 3.02. The van der Waals surface area contributed by atoms with E-state index >= 15 is 0 Å². The van der Waals surface area contributed by atoms with Crippen LogP contribution in [0.1, 0.15) is 35.4 Å². The summed E-state index contributed by atoms with van der Waals surface area (Å²) in [6, 6.07) is 10.9. The van der Waals surface area contributed by atoms with Gasteiger partial charge in [0, 0.05) is 23.0 Å². The number of halogens is 1. The maximum absolute atomic E-state index is 13.7. The molecule has 0 aliphatic rings. The molecule has 1 aromatic heterocycles. The standard InChI is InChI=1S/C15H15FN2S/c1-2-14(15-4-3-7-19-15)18-10-12-6-5-11(9-17)8-13(12)16/h3-8,14,18H,2,10H2,1H3. The SMILES string of the molecule is CCC(NCc1ccc(C#N)cc1F)c1cccs1. The molecule has 0 spiro atoms. The number of hydrogen-bond acceptors (Lipinski definition) is 3. The van der Waals surface area contributed by atoms with Crippen molar-refractivity contribution in [2.45, 2.75) is 25.9 Å². The molecule has 0 amide bonds. The molecule has 19 heavy (non-hydrogen) atoms. The summed E-state index contributed by atoms with van der Waals surface area (Å²) in [6.45, 7) is 2.57. The van der Waals surface area contributed by atoms with Crippen molar-refractivity contribution in [1.82, 2.24) is 5.32 Å². The molecule has 1 atom stereocenters. The van der Waals surface area contributed by atoms with Crippen molar-refractivity contribution in [1.29, 1.82) is 5.26 Å². The van der Waals surface area contributed by atoms with Gasteiger partial charge in [-0.1, -0.05) is 19.1 Å². The second-order valence-corrected chi connectivity index (χ2v) is 5.25. The van der Waals surface area contributed by atoms with Gasteiger partial charge in [0.15, 0.2) is 0 Å². The van der Waals surface area contributed by atoms with Gasteiger partial charge in [-0.15, -0.1) is 11.3 Å². The lowest BCUT2D eigenvalue weighted by Crippen LogP contribution is -2.20. The van der Waals surface area contributed by atoms with Crippen molar-refractivity contribution in [2.24, 2.45) is 0 Å². The van der Waals surface area contributed by atoms with Crippen LogP contribution >= 0.6 is 11.3 Å². The van der Waals surface area contributed by atoms with Crippen LogP contribution in [-0.2, 0) is 6.54 Å². The first-order valence-corrected chi connectivity index (χ1v) is 7.08. The smallest absolute Gasteiger partial charge is 0.129 e. The minimum Gasteiger partial charge on any atom is -0.305 e. The van der Waals surface area contributed by atoms with Crippen LogP contribution in [-0.4, -0.2) is 0 Å². The first-order chi connectivity index (χ1) is 9.24. The number of nitrogens with zero attached hydrogens (tertiary/aromatic N) is 1. The average molecular weight is 274 g/mol. The molecule has 0 radical (unpaired) electrons. The summed E-state index contributed by atoms with van der Waals surface area (Å²) in [7, 11) is 0. The van der Waals surface area contributed by atoms with E-state index in [-0.39, 0.29) is 11.9 Å². The van der Waals surface area contributed by atoms with Gasteiger partial charge in [0.1, 0.15) is 5.82 Å².